The second kappa shape index (κ2) is 13.4. The Morgan fingerprint density at radius 3 is 2.52 bits per heavy atom. The van der Waals surface area contributed by atoms with Crippen LogP contribution in [0, 0.1) is 11.3 Å². The molecule has 8 nitrogen and oxygen atoms in total. The molecule has 0 amide bonds. The number of nitriles is 1. The number of thiazole rings is 1. The van der Waals surface area contributed by atoms with E-state index in [9.17, 15) is 28.0 Å². The first-order chi connectivity index (χ1) is 22.0. The van der Waals surface area contributed by atoms with Crippen LogP contribution < -0.4 is 24.4 Å². The summed E-state index contributed by atoms with van der Waals surface area (Å²) in [7, 11) is 1.39. The summed E-state index contributed by atoms with van der Waals surface area (Å²) in [5.41, 5.74) is -1.34. The van der Waals surface area contributed by atoms with Crippen molar-refractivity contribution in [2.45, 2.75) is 25.7 Å². The van der Waals surface area contributed by atoms with Crippen molar-refractivity contribution in [3.63, 3.8) is 0 Å². The number of hydrogen-bond acceptors (Lipinski definition) is 8. The van der Waals surface area contributed by atoms with Crippen molar-refractivity contribution in [3.8, 4) is 17.6 Å². The summed E-state index contributed by atoms with van der Waals surface area (Å²) in [5, 5.41) is 9.79. The average Bonchev–Trinajstić information content (AvgIpc) is 3.33. The monoisotopic (exact) mass is 687 g/mol. The molecular weight excluding hydrogens is 666 g/mol. The molecule has 14 heteroatoms. The molecule has 3 aromatic carbocycles. The van der Waals surface area contributed by atoms with Gasteiger partial charge in [-0.15, -0.1) is 0 Å². The molecule has 0 spiro atoms. The number of alkyl halides is 3. The van der Waals surface area contributed by atoms with Crippen molar-refractivity contribution in [1.82, 2.24) is 4.57 Å². The summed E-state index contributed by atoms with van der Waals surface area (Å²) >= 11 is 13.3. The molecule has 1 atom stereocenters. The number of fused-ring (bicyclic) bond motifs is 1. The Balaban J connectivity index is 1.64. The van der Waals surface area contributed by atoms with Crippen molar-refractivity contribution >= 4 is 46.6 Å². The van der Waals surface area contributed by atoms with Gasteiger partial charge in [0.2, 0.25) is 0 Å². The first-order valence-electron chi connectivity index (χ1n) is 13.5. The molecule has 0 saturated heterocycles. The molecule has 236 valence electrons. The molecule has 0 N–H and O–H groups in total. The van der Waals surface area contributed by atoms with Crippen LogP contribution in [0.2, 0.25) is 10.0 Å². The molecule has 4 aromatic rings. The standard InChI is InChI=1S/C32H22Cl2F3N3O5S/c1-3-44-30(42)25-26(18-8-10-21(33)11-9-18)40-29(41)24(46-31(40)39-28(25)32(35,36)37)14-17-12-22(34)27(23(13-17)43-2)45-16-20-7-5-4-6-19(20)15-38/h4-14,26H,3,16H2,1-2H3/b24-14-/t26-/m1/s1. The van der Waals surface area contributed by atoms with Crippen LogP contribution >= 0.6 is 34.5 Å². The van der Waals surface area contributed by atoms with Crippen molar-refractivity contribution < 1.29 is 32.2 Å². The van der Waals surface area contributed by atoms with Crippen LogP contribution in [0.5, 0.6) is 11.5 Å². The zero-order valence-electron chi connectivity index (χ0n) is 24.0. The molecule has 0 saturated carbocycles. The maximum Gasteiger partial charge on any atom is 0.434 e. The molecule has 1 aromatic heterocycles. The van der Waals surface area contributed by atoms with E-state index < -0.39 is 35.0 Å². The van der Waals surface area contributed by atoms with Gasteiger partial charge in [0.05, 0.1) is 46.5 Å². The number of carbonyl (C=O) groups is 1. The molecule has 5 rings (SSSR count). The average molecular weight is 689 g/mol. The number of halogens is 5. The number of carbonyl (C=O) groups excluding carboxylic acids is 1. The van der Waals surface area contributed by atoms with Crippen LogP contribution in [0.1, 0.15) is 35.2 Å². The Bertz CT molecular complexity index is 2080. The van der Waals surface area contributed by atoms with Gasteiger partial charge in [0.25, 0.3) is 5.56 Å². The highest BCUT2D eigenvalue weighted by atomic mass is 35.5. The fourth-order valence-corrected chi connectivity index (χ4v) is 6.22. The van der Waals surface area contributed by atoms with E-state index in [1.165, 1.54) is 56.5 Å². The van der Waals surface area contributed by atoms with Gasteiger partial charge in [-0.1, -0.05) is 64.9 Å². The van der Waals surface area contributed by atoms with Gasteiger partial charge in [-0.05, 0) is 54.5 Å². The Labute approximate surface area is 273 Å². The highest BCUT2D eigenvalue weighted by molar-refractivity contribution is 7.07. The fraction of sp³-hybridized carbons (Fsp3) is 0.188. The second-order valence-electron chi connectivity index (χ2n) is 9.71. The predicted molar refractivity (Wildman–Crippen MR) is 166 cm³/mol. The van der Waals surface area contributed by atoms with Crippen LogP contribution in [0.3, 0.4) is 0 Å². The Morgan fingerprint density at radius 1 is 1.15 bits per heavy atom. The van der Waals surface area contributed by atoms with Crippen LogP contribution in [0.25, 0.3) is 6.08 Å². The smallest absolute Gasteiger partial charge is 0.434 e. The summed E-state index contributed by atoms with van der Waals surface area (Å²) in [6.07, 6.45) is -3.61. The molecule has 1 aliphatic heterocycles. The third-order valence-electron chi connectivity index (χ3n) is 6.84. The number of rotatable bonds is 8. The van der Waals surface area contributed by atoms with E-state index in [0.29, 0.717) is 33.0 Å². The molecule has 0 radical (unpaired) electrons. The minimum absolute atomic E-state index is 0.0130. The lowest BCUT2D eigenvalue weighted by molar-refractivity contribution is -0.140. The molecule has 46 heavy (non-hydrogen) atoms. The number of ether oxygens (including phenoxy) is 3. The van der Waals surface area contributed by atoms with Crippen LogP contribution in [-0.2, 0) is 16.1 Å². The molecule has 0 bridgehead atoms. The predicted octanol–water partition coefficient (Wildman–Crippen LogP) is 6.11. The van der Waals surface area contributed by atoms with E-state index >= 15 is 0 Å². The molecular formula is C32H22Cl2F3N3O5S. The van der Waals surface area contributed by atoms with Gasteiger partial charge in [0.15, 0.2) is 22.0 Å². The second-order valence-corrected chi connectivity index (χ2v) is 11.6. The Hall–Kier alpha value is -4.57. The first kappa shape index (κ1) is 32.8. The van der Waals surface area contributed by atoms with Gasteiger partial charge < -0.3 is 14.2 Å². The number of allylic oxidation sites excluding steroid dienone is 1. The largest absolute Gasteiger partial charge is 0.493 e. The van der Waals surface area contributed by atoms with Gasteiger partial charge in [-0.3, -0.25) is 9.36 Å². The Morgan fingerprint density at radius 2 is 1.87 bits per heavy atom. The molecule has 0 aliphatic carbocycles. The highest BCUT2D eigenvalue weighted by Crippen LogP contribution is 2.39. The van der Waals surface area contributed by atoms with Gasteiger partial charge in [-0.25, -0.2) is 9.79 Å². The summed E-state index contributed by atoms with van der Waals surface area (Å²) < 4.78 is 60.4. The zero-order valence-corrected chi connectivity index (χ0v) is 26.4. The lowest BCUT2D eigenvalue weighted by Crippen LogP contribution is -2.41. The maximum atomic E-state index is 14.3. The van der Waals surface area contributed by atoms with E-state index in [1.807, 2.05) is 0 Å². The summed E-state index contributed by atoms with van der Waals surface area (Å²) in [6, 6.07) is 16.3. The van der Waals surface area contributed by atoms with Gasteiger partial charge in [0, 0.05) is 10.6 Å². The van der Waals surface area contributed by atoms with Crippen molar-refractivity contribution in [2.24, 2.45) is 4.99 Å². The Kier molecular flexibility index (Phi) is 9.58. The zero-order chi connectivity index (χ0) is 33.2. The number of aromatic nitrogens is 1. The number of benzene rings is 3. The van der Waals surface area contributed by atoms with E-state index in [-0.39, 0.29) is 44.6 Å². The van der Waals surface area contributed by atoms with Crippen molar-refractivity contribution in [1.29, 1.82) is 5.26 Å². The quantitative estimate of drug-likeness (QED) is 0.207. The number of hydrogen-bond donors (Lipinski definition) is 0. The summed E-state index contributed by atoms with van der Waals surface area (Å²) in [6.45, 7) is 1.28. The van der Waals surface area contributed by atoms with Crippen molar-refractivity contribution in [3.05, 3.63) is 124 Å². The molecule has 0 unspecified atom stereocenters. The van der Waals surface area contributed by atoms with E-state index in [0.717, 1.165) is 4.57 Å². The van der Waals surface area contributed by atoms with Crippen LogP contribution in [-0.4, -0.2) is 30.4 Å². The minimum Gasteiger partial charge on any atom is -0.493 e. The minimum atomic E-state index is -5.04. The summed E-state index contributed by atoms with van der Waals surface area (Å²) in [4.78, 5) is 30.3. The van der Waals surface area contributed by atoms with Crippen LogP contribution in [0.4, 0.5) is 13.2 Å². The van der Waals surface area contributed by atoms with Gasteiger partial charge in [-0.2, -0.15) is 18.4 Å². The van der Waals surface area contributed by atoms with Gasteiger partial charge in [0.1, 0.15) is 6.61 Å². The van der Waals surface area contributed by atoms with E-state index in [2.05, 4.69) is 11.1 Å². The van der Waals surface area contributed by atoms with Gasteiger partial charge >= 0.3 is 12.1 Å². The highest BCUT2D eigenvalue weighted by Gasteiger charge is 2.45. The molecule has 1 aliphatic rings. The first-order valence-corrected chi connectivity index (χ1v) is 15.1. The number of esters is 1. The fourth-order valence-electron chi connectivity index (χ4n) is 4.82. The van der Waals surface area contributed by atoms with E-state index in [4.69, 9.17) is 37.4 Å². The van der Waals surface area contributed by atoms with Crippen molar-refractivity contribution in [2.75, 3.05) is 13.7 Å². The molecule has 2 heterocycles. The SMILES string of the molecule is CCOC(=O)C1=C(C(F)(F)F)N=c2s/c(=C\c3cc(Cl)c(OCc4ccccc4C#N)c(OC)c3)c(=O)n2[C@@H]1c1ccc(Cl)cc1. The third kappa shape index (κ3) is 6.53. The number of nitrogens with zero attached hydrogens (tertiary/aromatic N) is 3. The maximum absolute atomic E-state index is 14.3. The molecule has 0 fully saturated rings. The normalized spacial score (nSPS) is 14.7. The number of methoxy groups -OCH3 is 1. The summed E-state index contributed by atoms with van der Waals surface area (Å²) in [5.74, 6) is -0.853. The lowest BCUT2D eigenvalue weighted by Gasteiger charge is -2.26. The lowest BCUT2D eigenvalue weighted by atomic mass is 9.95. The topological polar surface area (TPSA) is 103 Å². The van der Waals surface area contributed by atoms with E-state index in [1.54, 1.807) is 24.3 Å². The van der Waals surface area contributed by atoms with Crippen LogP contribution in [0.15, 0.2) is 81.7 Å². The third-order valence-corrected chi connectivity index (χ3v) is 8.36.